The lowest BCUT2D eigenvalue weighted by Gasteiger charge is -2.26. The minimum absolute atomic E-state index is 0.0431. The molecule has 0 saturated carbocycles. The van der Waals surface area contributed by atoms with Gasteiger partial charge in [0.05, 0.1) is 6.04 Å². The summed E-state index contributed by atoms with van der Waals surface area (Å²) in [6.45, 7) is 1.16. The number of nitrogens with one attached hydrogen (secondary N) is 1. The minimum Gasteiger partial charge on any atom is -0.406 e. The van der Waals surface area contributed by atoms with Crippen LogP contribution in [0.5, 0.6) is 5.75 Å². The highest BCUT2D eigenvalue weighted by Gasteiger charge is 2.31. The summed E-state index contributed by atoms with van der Waals surface area (Å²) in [6, 6.07) is 4.24. The maximum Gasteiger partial charge on any atom is 0.573 e. The van der Waals surface area contributed by atoms with Crippen molar-refractivity contribution >= 4 is 11.6 Å². The Hall–Kier alpha value is -1.80. The molecule has 122 valence electrons. The van der Waals surface area contributed by atoms with E-state index in [1.165, 1.54) is 12.1 Å². The maximum atomic E-state index is 12.0. The van der Waals surface area contributed by atoms with Crippen molar-refractivity contribution in [2.24, 2.45) is 11.7 Å². The molecule has 1 unspecified atom stereocenters. The van der Waals surface area contributed by atoms with Gasteiger partial charge in [-0.25, -0.2) is 0 Å². The first-order valence-electron chi connectivity index (χ1n) is 6.85. The molecule has 1 heterocycles. The van der Waals surface area contributed by atoms with Gasteiger partial charge in [-0.1, -0.05) is 0 Å². The zero-order valence-electron chi connectivity index (χ0n) is 11.7. The summed E-state index contributed by atoms with van der Waals surface area (Å²) >= 11 is 0. The molecule has 1 atom stereocenters. The van der Waals surface area contributed by atoms with Crippen LogP contribution in [0.3, 0.4) is 0 Å². The second kappa shape index (κ2) is 6.97. The number of benzene rings is 1. The molecule has 0 radical (unpaired) electrons. The van der Waals surface area contributed by atoms with Crippen LogP contribution in [0.2, 0.25) is 0 Å². The number of hydrogen-bond acceptors (Lipinski definition) is 4. The van der Waals surface area contributed by atoms with Crippen LogP contribution in [-0.2, 0) is 9.53 Å². The van der Waals surface area contributed by atoms with Crippen molar-refractivity contribution in [1.29, 1.82) is 0 Å². The van der Waals surface area contributed by atoms with Crippen molar-refractivity contribution in [3.63, 3.8) is 0 Å². The highest BCUT2D eigenvalue weighted by atomic mass is 19.4. The van der Waals surface area contributed by atoms with E-state index in [1.807, 2.05) is 0 Å². The fourth-order valence-corrected chi connectivity index (χ4v) is 2.25. The Morgan fingerprint density at radius 1 is 1.27 bits per heavy atom. The molecule has 1 amide bonds. The molecule has 1 aromatic carbocycles. The van der Waals surface area contributed by atoms with E-state index in [-0.39, 0.29) is 17.6 Å². The first kappa shape index (κ1) is 16.6. The van der Waals surface area contributed by atoms with Gasteiger partial charge in [0.25, 0.3) is 0 Å². The molecular weight excluding hydrogens is 301 g/mol. The Morgan fingerprint density at radius 3 is 2.41 bits per heavy atom. The summed E-state index contributed by atoms with van der Waals surface area (Å²) in [7, 11) is 0. The van der Waals surface area contributed by atoms with E-state index in [9.17, 15) is 18.0 Å². The molecule has 8 heteroatoms. The van der Waals surface area contributed by atoms with Gasteiger partial charge < -0.3 is 20.5 Å². The average molecular weight is 318 g/mol. The fraction of sp³-hybridized carbons (Fsp3) is 0.500. The normalized spacial score (nSPS) is 17.8. The van der Waals surface area contributed by atoms with Crippen LogP contribution in [0.1, 0.15) is 12.8 Å². The minimum atomic E-state index is -4.74. The standard InChI is InChI=1S/C14H17F3N2O3/c15-14(16,17)22-11-3-1-10(2-4-11)19-13(20)12(18)9-5-7-21-8-6-9/h1-4,9,12H,5-8,18H2,(H,19,20). The topological polar surface area (TPSA) is 73.6 Å². The number of hydrogen-bond donors (Lipinski definition) is 2. The average Bonchev–Trinajstić information content (AvgIpc) is 2.48. The van der Waals surface area contributed by atoms with Crippen molar-refractivity contribution in [2.75, 3.05) is 18.5 Å². The number of amides is 1. The third kappa shape index (κ3) is 4.88. The largest absolute Gasteiger partial charge is 0.573 e. The quantitative estimate of drug-likeness (QED) is 0.893. The number of rotatable bonds is 4. The summed E-state index contributed by atoms with van der Waals surface area (Å²) in [4.78, 5) is 12.0. The molecule has 1 aliphatic heterocycles. The number of halogens is 3. The zero-order chi connectivity index (χ0) is 16.2. The predicted octanol–water partition coefficient (Wildman–Crippen LogP) is 2.28. The van der Waals surface area contributed by atoms with Crippen LogP contribution in [0, 0.1) is 5.92 Å². The van der Waals surface area contributed by atoms with Gasteiger partial charge in [-0.15, -0.1) is 13.2 Å². The number of carbonyl (C=O) groups excluding carboxylic acids is 1. The molecule has 0 bridgehead atoms. The molecule has 0 aliphatic carbocycles. The van der Waals surface area contributed by atoms with Crippen LogP contribution >= 0.6 is 0 Å². The van der Waals surface area contributed by atoms with Crippen molar-refractivity contribution in [1.82, 2.24) is 0 Å². The second-order valence-electron chi connectivity index (χ2n) is 5.04. The Balaban J connectivity index is 1.91. The Bertz CT molecular complexity index is 499. The Labute approximate surface area is 125 Å². The lowest BCUT2D eigenvalue weighted by Crippen LogP contribution is -2.43. The van der Waals surface area contributed by atoms with Crippen molar-refractivity contribution in [3.8, 4) is 5.75 Å². The number of alkyl halides is 3. The first-order valence-corrected chi connectivity index (χ1v) is 6.85. The van der Waals surface area contributed by atoms with Gasteiger partial charge in [0.15, 0.2) is 0 Å². The van der Waals surface area contributed by atoms with E-state index in [0.29, 0.717) is 31.7 Å². The molecule has 22 heavy (non-hydrogen) atoms. The molecule has 3 N–H and O–H groups in total. The van der Waals surface area contributed by atoms with Crippen molar-refractivity contribution < 1.29 is 27.4 Å². The molecular formula is C14H17F3N2O3. The molecule has 1 aliphatic rings. The molecule has 0 aromatic heterocycles. The third-order valence-electron chi connectivity index (χ3n) is 3.43. The smallest absolute Gasteiger partial charge is 0.406 e. The van der Waals surface area contributed by atoms with Gasteiger partial charge >= 0.3 is 6.36 Å². The summed E-state index contributed by atoms with van der Waals surface area (Å²) in [5.74, 6) is -0.669. The van der Waals surface area contributed by atoms with Gasteiger partial charge in [-0.3, -0.25) is 4.79 Å². The van der Waals surface area contributed by atoms with Gasteiger partial charge in [0.1, 0.15) is 5.75 Å². The monoisotopic (exact) mass is 318 g/mol. The number of carbonyl (C=O) groups is 1. The summed E-state index contributed by atoms with van der Waals surface area (Å²) < 4.78 is 45.1. The summed E-state index contributed by atoms with van der Waals surface area (Å²) in [6.07, 6.45) is -3.31. The molecule has 5 nitrogen and oxygen atoms in total. The molecule has 1 aromatic rings. The molecule has 2 rings (SSSR count). The Morgan fingerprint density at radius 2 is 1.86 bits per heavy atom. The number of ether oxygens (including phenoxy) is 2. The van der Waals surface area contributed by atoms with Crippen LogP contribution in [0.15, 0.2) is 24.3 Å². The second-order valence-corrected chi connectivity index (χ2v) is 5.04. The lowest BCUT2D eigenvalue weighted by atomic mass is 9.92. The Kier molecular flexibility index (Phi) is 5.25. The molecule has 0 spiro atoms. The van der Waals surface area contributed by atoms with E-state index >= 15 is 0 Å². The van der Waals surface area contributed by atoms with Gasteiger partial charge in [-0.2, -0.15) is 0 Å². The van der Waals surface area contributed by atoms with E-state index < -0.39 is 12.4 Å². The van der Waals surface area contributed by atoms with Gasteiger partial charge in [-0.05, 0) is 43.0 Å². The maximum absolute atomic E-state index is 12.0. The van der Waals surface area contributed by atoms with Crippen LogP contribution < -0.4 is 15.8 Å². The highest BCUT2D eigenvalue weighted by molar-refractivity contribution is 5.94. The van der Waals surface area contributed by atoms with Crippen LogP contribution in [-0.4, -0.2) is 31.5 Å². The first-order chi connectivity index (χ1) is 10.3. The van der Waals surface area contributed by atoms with E-state index in [4.69, 9.17) is 10.5 Å². The van der Waals surface area contributed by atoms with Crippen LogP contribution in [0.4, 0.5) is 18.9 Å². The fourth-order valence-electron chi connectivity index (χ4n) is 2.25. The SMILES string of the molecule is NC(C(=O)Nc1ccc(OC(F)(F)F)cc1)C1CCOCC1. The summed E-state index contributed by atoms with van der Waals surface area (Å²) in [5.41, 5.74) is 6.27. The highest BCUT2D eigenvalue weighted by Crippen LogP contribution is 2.24. The lowest BCUT2D eigenvalue weighted by molar-refractivity contribution is -0.274. The van der Waals surface area contributed by atoms with Crippen LogP contribution in [0.25, 0.3) is 0 Å². The van der Waals surface area contributed by atoms with Gasteiger partial charge in [0.2, 0.25) is 5.91 Å². The van der Waals surface area contributed by atoms with Crippen molar-refractivity contribution in [2.45, 2.75) is 25.2 Å². The summed E-state index contributed by atoms with van der Waals surface area (Å²) in [5, 5.41) is 2.59. The zero-order valence-corrected chi connectivity index (χ0v) is 11.7. The molecule has 1 fully saturated rings. The van der Waals surface area contributed by atoms with Crippen molar-refractivity contribution in [3.05, 3.63) is 24.3 Å². The molecule has 1 saturated heterocycles. The predicted molar refractivity (Wildman–Crippen MR) is 73.3 cm³/mol. The van der Waals surface area contributed by atoms with E-state index in [0.717, 1.165) is 12.1 Å². The number of nitrogens with two attached hydrogens (primary N) is 1. The number of anilines is 1. The van der Waals surface area contributed by atoms with Gasteiger partial charge in [0, 0.05) is 18.9 Å². The van der Waals surface area contributed by atoms with E-state index in [1.54, 1.807) is 0 Å². The van der Waals surface area contributed by atoms with E-state index in [2.05, 4.69) is 10.1 Å². The third-order valence-corrected chi connectivity index (χ3v) is 3.43.